The summed E-state index contributed by atoms with van der Waals surface area (Å²) in [6, 6.07) is -0.646. The number of hydrogen-bond donors (Lipinski definition) is 3. The maximum absolute atomic E-state index is 12.4. The first-order chi connectivity index (χ1) is 27.2. The number of unbranched alkanes of at least 4 members (excludes halogenated alkanes) is 28. The van der Waals surface area contributed by atoms with E-state index in [-0.39, 0.29) is 12.5 Å². The highest BCUT2D eigenvalue weighted by Gasteiger charge is 2.17. The van der Waals surface area contributed by atoms with Crippen molar-refractivity contribution in [2.75, 3.05) is 6.61 Å². The maximum Gasteiger partial charge on any atom is 0.220 e. The van der Waals surface area contributed by atoms with Gasteiger partial charge in [0.15, 0.2) is 0 Å². The number of aliphatic hydroxyl groups is 2. The predicted octanol–water partition coefficient (Wildman–Crippen LogP) is 15.3. The second-order valence-corrected chi connectivity index (χ2v) is 16.2. The molecule has 0 fully saturated rings. The fourth-order valence-electron chi connectivity index (χ4n) is 7.00. The summed E-state index contributed by atoms with van der Waals surface area (Å²) in [6.45, 7) is 4.28. The quantitative estimate of drug-likeness (QED) is 0.0427. The average molecular weight is 768 g/mol. The Kier molecular flexibility index (Phi) is 44.9. The Morgan fingerprint density at radius 1 is 0.436 bits per heavy atom. The summed E-state index contributed by atoms with van der Waals surface area (Å²) < 4.78 is 0. The Labute approximate surface area is 343 Å². The molecule has 0 radical (unpaired) electrons. The molecule has 3 N–H and O–H groups in total. The van der Waals surface area contributed by atoms with Crippen LogP contribution in [0, 0.1) is 0 Å². The number of amides is 1. The van der Waals surface area contributed by atoms with Crippen molar-refractivity contribution in [1.82, 2.24) is 5.32 Å². The number of nitrogens with one attached hydrogen (secondary N) is 1. The molecule has 0 rings (SSSR count). The number of carbonyl (C=O) groups excluding carboxylic acids is 1. The first-order valence-corrected chi connectivity index (χ1v) is 24.0. The summed E-state index contributed by atoms with van der Waals surface area (Å²) in [5, 5.41) is 23.0. The van der Waals surface area contributed by atoms with Crippen molar-refractivity contribution < 1.29 is 15.0 Å². The summed E-state index contributed by atoms with van der Waals surface area (Å²) in [4.78, 5) is 12.4. The third kappa shape index (κ3) is 43.1. The van der Waals surface area contributed by atoms with Crippen molar-refractivity contribution in [3.8, 4) is 0 Å². The van der Waals surface area contributed by atoms with Crippen LogP contribution in [0.5, 0.6) is 0 Å². The van der Waals surface area contributed by atoms with Crippen molar-refractivity contribution in [2.45, 2.75) is 251 Å². The number of allylic oxidation sites excluding steroid dienone is 9. The van der Waals surface area contributed by atoms with Crippen LogP contribution < -0.4 is 5.32 Å². The van der Waals surface area contributed by atoms with E-state index in [1.54, 1.807) is 6.08 Å². The second-order valence-electron chi connectivity index (χ2n) is 16.2. The van der Waals surface area contributed by atoms with Crippen LogP contribution in [0.15, 0.2) is 60.8 Å². The molecule has 0 heterocycles. The molecule has 4 heteroatoms. The molecule has 1 amide bonds. The van der Waals surface area contributed by atoms with E-state index in [1.165, 1.54) is 173 Å². The first-order valence-electron chi connectivity index (χ1n) is 24.0. The lowest BCUT2D eigenvalue weighted by Crippen LogP contribution is -2.45. The highest BCUT2D eigenvalue weighted by molar-refractivity contribution is 5.76. The maximum atomic E-state index is 12.4. The van der Waals surface area contributed by atoms with E-state index < -0.39 is 12.1 Å². The molecule has 0 spiro atoms. The number of rotatable bonds is 43. The molecule has 0 bridgehead atoms. The fraction of sp³-hybridized carbons (Fsp3) is 0.784. The molecular formula is C51H93NO3. The predicted molar refractivity (Wildman–Crippen MR) is 244 cm³/mol. The van der Waals surface area contributed by atoms with Gasteiger partial charge in [-0.3, -0.25) is 4.79 Å². The van der Waals surface area contributed by atoms with E-state index in [0.29, 0.717) is 6.42 Å². The molecular weight excluding hydrogens is 675 g/mol. The van der Waals surface area contributed by atoms with E-state index in [0.717, 1.165) is 44.9 Å². The van der Waals surface area contributed by atoms with Crippen molar-refractivity contribution in [2.24, 2.45) is 0 Å². The zero-order chi connectivity index (χ0) is 40.0. The molecule has 0 aliphatic rings. The summed E-state index contributed by atoms with van der Waals surface area (Å²) in [7, 11) is 0. The standard InChI is InChI=1S/C51H93NO3/c1-3-5-7-9-11-13-15-17-19-21-22-23-24-25-26-27-28-29-30-31-33-35-37-39-41-43-45-47-51(55)52-49(48-53)50(54)46-44-42-40-38-36-34-32-20-18-16-14-12-10-8-6-4-2/h15,17-18,20-22,36,38,44,46,49-50,53-54H,3-14,16,19,23-35,37,39-43,45,47-48H2,1-2H3,(H,52,55)/b17-15-,20-18+,22-21-,38-36+,46-44+. The van der Waals surface area contributed by atoms with Crippen LogP contribution in [-0.4, -0.2) is 34.9 Å². The molecule has 55 heavy (non-hydrogen) atoms. The molecule has 4 nitrogen and oxygen atoms in total. The van der Waals surface area contributed by atoms with Crippen LogP contribution in [-0.2, 0) is 4.79 Å². The largest absolute Gasteiger partial charge is 0.394 e. The first kappa shape index (κ1) is 53.1. The van der Waals surface area contributed by atoms with Crippen LogP contribution in [0.25, 0.3) is 0 Å². The monoisotopic (exact) mass is 768 g/mol. The lowest BCUT2D eigenvalue weighted by atomic mass is 10.0. The van der Waals surface area contributed by atoms with Crippen molar-refractivity contribution >= 4 is 5.91 Å². The normalized spacial score (nSPS) is 13.5. The van der Waals surface area contributed by atoms with E-state index in [2.05, 4.69) is 67.8 Å². The van der Waals surface area contributed by atoms with Gasteiger partial charge in [0, 0.05) is 6.42 Å². The number of aliphatic hydroxyl groups excluding tert-OH is 2. The molecule has 320 valence electrons. The minimum atomic E-state index is -0.871. The molecule has 0 saturated heterocycles. The molecule has 2 atom stereocenters. The van der Waals surface area contributed by atoms with Crippen LogP contribution in [0.2, 0.25) is 0 Å². The topological polar surface area (TPSA) is 69.6 Å². The third-order valence-corrected chi connectivity index (χ3v) is 10.7. The molecule has 0 aromatic heterocycles. The van der Waals surface area contributed by atoms with Crippen LogP contribution in [0.4, 0.5) is 0 Å². The number of carbonyl (C=O) groups is 1. The van der Waals surface area contributed by atoms with Gasteiger partial charge in [-0.25, -0.2) is 0 Å². The molecule has 0 aliphatic carbocycles. The van der Waals surface area contributed by atoms with Crippen molar-refractivity contribution in [3.63, 3.8) is 0 Å². The average Bonchev–Trinajstić information content (AvgIpc) is 3.19. The lowest BCUT2D eigenvalue weighted by molar-refractivity contribution is -0.123. The zero-order valence-electron chi connectivity index (χ0n) is 36.7. The molecule has 0 aromatic carbocycles. The van der Waals surface area contributed by atoms with E-state index in [4.69, 9.17) is 0 Å². The van der Waals surface area contributed by atoms with Crippen molar-refractivity contribution in [1.29, 1.82) is 0 Å². The van der Waals surface area contributed by atoms with Gasteiger partial charge in [0.25, 0.3) is 0 Å². The van der Waals surface area contributed by atoms with E-state index in [9.17, 15) is 15.0 Å². The smallest absolute Gasteiger partial charge is 0.220 e. The van der Waals surface area contributed by atoms with Gasteiger partial charge in [0.2, 0.25) is 5.91 Å². The summed E-state index contributed by atoms with van der Waals surface area (Å²) in [5.74, 6) is -0.0786. The van der Waals surface area contributed by atoms with Gasteiger partial charge >= 0.3 is 0 Å². The Morgan fingerprint density at radius 2 is 0.764 bits per heavy atom. The minimum Gasteiger partial charge on any atom is -0.394 e. The van der Waals surface area contributed by atoms with E-state index >= 15 is 0 Å². The number of hydrogen-bond acceptors (Lipinski definition) is 3. The molecule has 0 saturated carbocycles. The lowest BCUT2D eigenvalue weighted by Gasteiger charge is -2.19. The van der Waals surface area contributed by atoms with Gasteiger partial charge in [-0.1, -0.05) is 216 Å². The Balaban J connectivity index is 3.56. The van der Waals surface area contributed by atoms with Gasteiger partial charge in [-0.15, -0.1) is 0 Å². The van der Waals surface area contributed by atoms with Gasteiger partial charge in [0.05, 0.1) is 18.8 Å². The molecule has 0 aliphatic heterocycles. The minimum absolute atomic E-state index is 0.0786. The van der Waals surface area contributed by atoms with Crippen molar-refractivity contribution in [3.05, 3.63) is 60.8 Å². The zero-order valence-corrected chi connectivity index (χ0v) is 36.7. The Bertz CT molecular complexity index is 919. The van der Waals surface area contributed by atoms with Crippen LogP contribution >= 0.6 is 0 Å². The fourth-order valence-corrected chi connectivity index (χ4v) is 7.00. The summed E-state index contributed by atoms with van der Waals surface area (Å²) in [6.07, 6.45) is 64.9. The third-order valence-electron chi connectivity index (χ3n) is 10.7. The second kappa shape index (κ2) is 46.5. The van der Waals surface area contributed by atoms with E-state index in [1.807, 2.05) is 6.08 Å². The van der Waals surface area contributed by atoms with Gasteiger partial charge in [-0.2, -0.15) is 0 Å². The molecule has 2 unspecified atom stereocenters. The Morgan fingerprint density at radius 3 is 1.16 bits per heavy atom. The van der Waals surface area contributed by atoms with Gasteiger partial charge in [-0.05, 0) is 77.0 Å². The van der Waals surface area contributed by atoms with Crippen LogP contribution in [0.1, 0.15) is 239 Å². The summed E-state index contributed by atoms with van der Waals surface area (Å²) in [5.41, 5.74) is 0. The Hall–Kier alpha value is -1.91. The summed E-state index contributed by atoms with van der Waals surface area (Å²) >= 11 is 0. The van der Waals surface area contributed by atoms with Crippen LogP contribution in [0.3, 0.4) is 0 Å². The highest BCUT2D eigenvalue weighted by Crippen LogP contribution is 2.15. The SMILES string of the molecule is CCCCCCC/C=C\C/C=C\CCCCCCCCCCCCCCCCCC(=O)NC(CO)C(O)/C=C/CC/C=C/CC/C=C/CCCCCCCC. The van der Waals surface area contributed by atoms with Gasteiger partial charge < -0.3 is 15.5 Å². The van der Waals surface area contributed by atoms with Gasteiger partial charge in [0.1, 0.15) is 0 Å². The highest BCUT2D eigenvalue weighted by atomic mass is 16.3. The molecule has 0 aromatic rings.